The van der Waals surface area contributed by atoms with Crippen LogP contribution >= 0.6 is 0 Å². The Hall–Kier alpha value is -1.58. The van der Waals surface area contributed by atoms with Crippen molar-refractivity contribution in [2.75, 3.05) is 5.01 Å². The van der Waals surface area contributed by atoms with E-state index in [9.17, 15) is 5.21 Å². The number of benzene rings is 1. The molecule has 88 valence electrons. The lowest BCUT2D eigenvalue weighted by Gasteiger charge is -2.18. The van der Waals surface area contributed by atoms with E-state index in [1.165, 1.54) is 0 Å². The maximum absolute atomic E-state index is 11.5. The second-order valence-electron chi connectivity index (χ2n) is 4.26. The van der Waals surface area contributed by atoms with Crippen molar-refractivity contribution in [1.29, 1.82) is 0 Å². The molecule has 0 bridgehead atoms. The Morgan fingerprint density at radius 2 is 1.69 bits per heavy atom. The van der Waals surface area contributed by atoms with Crippen molar-refractivity contribution in [3.63, 3.8) is 0 Å². The van der Waals surface area contributed by atoms with E-state index < -0.39 is 0 Å². The van der Waals surface area contributed by atoms with Gasteiger partial charge in [0.2, 0.25) is 0 Å². The topological polar surface area (TPSA) is 41.7 Å². The Bertz CT molecular complexity index is 347. The van der Waals surface area contributed by atoms with Crippen molar-refractivity contribution in [3.8, 4) is 0 Å². The lowest BCUT2D eigenvalue weighted by molar-refractivity contribution is -0.562. The molecule has 0 unspecified atom stereocenters. The fraction of sp³-hybridized carbons (Fsp3) is 0.500. The Labute approximate surface area is 96.8 Å². The average molecular weight is 221 g/mol. The minimum atomic E-state index is -0.148. The van der Waals surface area contributed by atoms with Crippen LogP contribution < -0.4 is 5.01 Å². The van der Waals surface area contributed by atoms with Gasteiger partial charge in [0.05, 0.1) is 5.22 Å². The van der Waals surface area contributed by atoms with Gasteiger partial charge in [-0.2, -0.15) is 4.86 Å². The minimum Gasteiger partial charge on any atom is -0.696 e. The van der Waals surface area contributed by atoms with Crippen molar-refractivity contribution >= 4 is 5.69 Å². The van der Waals surface area contributed by atoms with Crippen molar-refractivity contribution in [3.05, 3.63) is 35.5 Å². The van der Waals surface area contributed by atoms with Crippen LogP contribution in [-0.2, 0) is 0 Å². The molecule has 4 heteroatoms. The summed E-state index contributed by atoms with van der Waals surface area (Å²) in [6.45, 7) is 7.65. The normalized spacial score (nSPS) is 12.2. The summed E-state index contributed by atoms with van der Waals surface area (Å²) in [7, 11) is 0. The molecular formula is C12H19N3O. The predicted octanol–water partition coefficient (Wildman–Crippen LogP) is 3.19. The molecule has 0 radical (unpaired) electrons. The molecule has 4 nitrogen and oxygen atoms in total. The summed E-state index contributed by atoms with van der Waals surface area (Å²) in [4.78, 5) is 0.729. The van der Waals surface area contributed by atoms with Gasteiger partial charge in [-0.3, -0.25) is 0 Å². The van der Waals surface area contributed by atoms with E-state index in [4.69, 9.17) is 0 Å². The van der Waals surface area contributed by atoms with Crippen molar-refractivity contribution in [2.45, 2.75) is 39.8 Å². The Balaban J connectivity index is 2.98. The first-order chi connectivity index (χ1) is 7.52. The molecule has 0 fully saturated rings. The molecule has 0 spiro atoms. The van der Waals surface area contributed by atoms with Crippen LogP contribution in [0.4, 0.5) is 5.69 Å². The Morgan fingerprint density at radius 1 is 1.12 bits per heavy atom. The van der Waals surface area contributed by atoms with Gasteiger partial charge in [-0.05, 0) is 39.8 Å². The maximum Gasteiger partial charge on any atom is 0.149 e. The summed E-state index contributed by atoms with van der Waals surface area (Å²) in [6, 6.07) is 9.70. The smallest absolute Gasteiger partial charge is 0.149 e. The molecule has 0 heterocycles. The lowest BCUT2D eigenvalue weighted by atomic mass is 10.3. The van der Waals surface area contributed by atoms with Crippen molar-refractivity contribution in [2.24, 2.45) is 5.22 Å². The summed E-state index contributed by atoms with van der Waals surface area (Å²) >= 11 is 0. The number of hydroxylamine groups is 1. The number of hydrogen-bond acceptors (Lipinski definition) is 2. The summed E-state index contributed by atoms with van der Waals surface area (Å²) in [5.41, 5.74) is 0.930. The average Bonchev–Trinajstić information content (AvgIpc) is 2.26. The van der Waals surface area contributed by atoms with Gasteiger partial charge in [0.15, 0.2) is 0 Å². The third-order valence-electron chi connectivity index (χ3n) is 2.14. The SMILES string of the molecule is CC(C)N(N=[N+]([O-])C(C)C)c1ccccc1. The number of rotatable bonds is 4. The van der Waals surface area contributed by atoms with Crippen LogP contribution in [0.1, 0.15) is 27.7 Å². The summed E-state index contributed by atoms with van der Waals surface area (Å²) in [6.07, 6.45) is 0. The van der Waals surface area contributed by atoms with Crippen LogP contribution in [0.3, 0.4) is 0 Å². The van der Waals surface area contributed by atoms with Gasteiger partial charge in [-0.1, -0.05) is 18.2 Å². The van der Waals surface area contributed by atoms with Gasteiger partial charge in [0, 0.05) is 0 Å². The van der Waals surface area contributed by atoms with E-state index in [0.29, 0.717) is 0 Å². The van der Waals surface area contributed by atoms with Gasteiger partial charge < -0.3 is 5.21 Å². The van der Waals surface area contributed by atoms with Crippen LogP contribution in [0.15, 0.2) is 35.6 Å². The van der Waals surface area contributed by atoms with Crippen molar-refractivity contribution in [1.82, 2.24) is 0 Å². The van der Waals surface area contributed by atoms with Crippen LogP contribution in [0.5, 0.6) is 0 Å². The summed E-state index contributed by atoms with van der Waals surface area (Å²) < 4.78 is 0. The summed E-state index contributed by atoms with van der Waals surface area (Å²) in [5, 5.41) is 17.3. The van der Waals surface area contributed by atoms with E-state index in [1.807, 2.05) is 58.0 Å². The van der Waals surface area contributed by atoms with Crippen LogP contribution in [-0.4, -0.2) is 16.9 Å². The van der Waals surface area contributed by atoms with E-state index in [1.54, 1.807) is 5.01 Å². The molecule has 0 atom stereocenters. The standard InChI is InChI=1S/C12H19N3O/c1-10(2)14(13-15(16)11(3)4)12-8-6-5-7-9-12/h5-11H,1-4H3. The zero-order valence-corrected chi connectivity index (χ0v) is 10.3. The van der Waals surface area contributed by atoms with Gasteiger partial charge in [0.25, 0.3) is 0 Å². The quantitative estimate of drug-likeness (QED) is 0.445. The van der Waals surface area contributed by atoms with Crippen LogP contribution in [0, 0.1) is 5.21 Å². The maximum atomic E-state index is 11.5. The molecule has 0 saturated carbocycles. The molecule has 1 aromatic rings. The summed E-state index contributed by atoms with van der Waals surface area (Å²) in [5.74, 6) is 0. The highest BCUT2D eigenvalue weighted by Gasteiger charge is 2.17. The Kier molecular flexibility index (Phi) is 4.28. The number of hydrogen-bond donors (Lipinski definition) is 0. The molecule has 1 aromatic carbocycles. The predicted molar refractivity (Wildman–Crippen MR) is 65.2 cm³/mol. The molecular weight excluding hydrogens is 202 g/mol. The highest BCUT2D eigenvalue weighted by atomic mass is 16.5. The van der Waals surface area contributed by atoms with E-state index >= 15 is 0 Å². The molecule has 16 heavy (non-hydrogen) atoms. The zero-order valence-electron chi connectivity index (χ0n) is 10.3. The molecule has 0 aliphatic carbocycles. The van der Waals surface area contributed by atoms with Gasteiger partial charge in [-0.15, -0.1) is 5.01 Å². The first kappa shape index (κ1) is 12.5. The lowest BCUT2D eigenvalue weighted by Crippen LogP contribution is -2.28. The number of para-hydroxylation sites is 1. The van der Waals surface area contributed by atoms with Gasteiger partial charge in [-0.25, -0.2) is 0 Å². The number of anilines is 1. The minimum absolute atomic E-state index is 0.148. The molecule has 0 aliphatic rings. The zero-order chi connectivity index (χ0) is 12.1. The van der Waals surface area contributed by atoms with Gasteiger partial charge in [0.1, 0.15) is 17.8 Å². The molecule has 1 rings (SSSR count). The Morgan fingerprint density at radius 3 is 2.12 bits per heavy atom. The van der Waals surface area contributed by atoms with Crippen LogP contribution in [0.25, 0.3) is 0 Å². The highest BCUT2D eigenvalue weighted by molar-refractivity contribution is 5.45. The third-order valence-corrected chi connectivity index (χ3v) is 2.14. The van der Waals surface area contributed by atoms with Gasteiger partial charge >= 0.3 is 0 Å². The first-order valence-corrected chi connectivity index (χ1v) is 5.54. The second kappa shape index (κ2) is 5.49. The first-order valence-electron chi connectivity index (χ1n) is 5.54. The largest absolute Gasteiger partial charge is 0.696 e. The molecule has 0 amide bonds. The number of nitrogens with zero attached hydrogens (tertiary/aromatic N) is 3. The fourth-order valence-electron chi connectivity index (χ4n) is 1.23. The highest BCUT2D eigenvalue weighted by Crippen LogP contribution is 2.17. The molecule has 0 N–H and O–H groups in total. The van der Waals surface area contributed by atoms with Crippen molar-refractivity contribution < 1.29 is 4.86 Å². The van der Waals surface area contributed by atoms with Crippen LogP contribution in [0.2, 0.25) is 0 Å². The molecule has 0 saturated heterocycles. The molecule has 0 aromatic heterocycles. The molecule has 0 aliphatic heterocycles. The van der Waals surface area contributed by atoms with E-state index in [-0.39, 0.29) is 12.1 Å². The van der Waals surface area contributed by atoms with E-state index in [2.05, 4.69) is 5.22 Å². The second-order valence-corrected chi connectivity index (χ2v) is 4.26. The third kappa shape index (κ3) is 3.22. The monoisotopic (exact) mass is 221 g/mol. The fourth-order valence-corrected chi connectivity index (χ4v) is 1.23. The van der Waals surface area contributed by atoms with E-state index in [0.717, 1.165) is 10.5 Å².